The van der Waals surface area contributed by atoms with Crippen LogP contribution in [-0.2, 0) is 26.0 Å². The lowest BCUT2D eigenvalue weighted by Gasteiger charge is -2.13. The van der Waals surface area contributed by atoms with Gasteiger partial charge in [0.15, 0.2) is 12.4 Å². The number of esters is 1. The van der Waals surface area contributed by atoms with E-state index in [0.717, 1.165) is 17.5 Å². The van der Waals surface area contributed by atoms with Crippen molar-refractivity contribution in [3.8, 4) is 0 Å². The highest BCUT2D eigenvalue weighted by atomic mass is 32.2. The Balaban J connectivity index is 1.92. The fourth-order valence-corrected chi connectivity index (χ4v) is 3.53. The first-order chi connectivity index (χ1) is 12.7. The van der Waals surface area contributed by atoms with Crippen LogP contribution in [0.1, 0.15) is 35.3 Å². The van der Waals surface area contributed by atoms with Gasteiger partial charge < -0.3 is 4.74 Å². The maximum Gasteiger partial charge on any atom is 0.324 e. The fraction of sp³-hybridized carbons (Fsp3) is 0.300. The van der Waals surface area contributed by atoms with Gasteiger partial charge in [0.05, 0.1) is 4.90 Å². The molecule has 0 aromatic heterocycles. The topological polar surface area (TPSA) is 89.5 Å². The second kappa shape index (κ2) is 8.92. The zero-order chi connectivity index (χ0) is 20.0. The van der Waals surface area contributed by atoms with E-state index in [4.69, 9.17) is 4.74 Å². The molecule has 0 bridgehead atoms. The maximum absolute atomic E-state index is 12.3. The number of nitrogens with one attached hydrogen (secondary N) is 1. The lowest BCUT2D eigenvalue weighted by molar-refractivity contribution is -0.144. The molecular weight excluding hydrogens is 366 g/mol. The molecule has 0 saturated heterocycles. The number of Topliss-reactive ketones (excluding diaryl/α,β-unsaturated/α-hetero) is 1. The number of sulfonamides is 1. The summed E-state index contributed by atoms with van der Waals surface area (Å²) in [6.07, 6.45) is 0.863. The van der Waals surface area contributed by atoms with Gasteiger partial charge in [-0.2, -0.15) is 4.72 Å². The first-order valence-electron chi connectivity index (χ1n) is 8.60. The molecule has 144 valence electrons. The highest BCUT2D eigenvalue weighted by Crippen LogP contribution is 2.11. The number of carbonyl (C=O) groups is 2. The number of benzene rings is 2. The molecule has 6 nitrogen and oxygen atoms in total. The van der Waals surface area contributed by atoms with Crippen molar-refractivity contribution in [1.82, 2.24) is 4.72 Å². The summed E-state index contributed by atoms with van der Waals surface area (Å²) in [4.78, 5) is 24.2. The summed E-state index contributed by atoms with van der Waals surface area (Å²) in [7, 11) is -3.86. The molecule has 1 atom stereocenters. The highest BCUT2D eigenvalue weighted by Gasteiger charge is 2.23. The third-order valence-corrected chi connectivity index (χ3v) is 5.60. The first kappa shape index (κ1) is 20.8. The van der Waals surface area contributed by atoms with Gasteiger partial charge in [0, 0.05) is 5.56 Å². The standard InChI is InChI=1S/C20H23NO5S/c1-4-16-7-9-17(10-8-16)19(22)13-26-20(23)15(3)21-27(24,25)18-11-5-14(2)6-12-18/h5-12,15,21H,4,13H2,1-3H3/t15-/m0/s1. The van der Waals surface area contributed by atoms with Crippen LogP contribution in [-0.4, -0.2) is 32.8 Å². The zero-order valence-corrected chi connectivity index (χ0v) is 16.4. The number of hydrogen-bond donors (Lipinski definition) is 1. The third-order valence-electron chi connectivity index (χ3n) is 4.05. The second-order valence-corrected chi connectivity index (χ2v) is 7.95. The van der Waals surface area contributed by atoms with E-state index >= 15 is 0 Å². The van der Waals surface area contributed by atoms with Crippen LogP contribution in [0.25, 0.3) is 0 Å². The summed E-state index contributed by atoms with van der Waals surface area (Å²) >= 11 is 0. The van der Waals surface area contributed by atoms with Crippen LogP contribution < -0.4 is 4.72 Å². The van der Waals surface area contributed by atoms with Crippen LogP contribution in [0.4, 0.5) is 0 Å². The minimum absolute atomic E-state index is 0.0554. The largest absolute Gasteiger partial charge is 0.456 e. The SMILES string of the molecule is CCc1ccc(C(=O)COC(=O)[C@H](C)NS(=O)(=O)c2ccc(C)cc2)cc1. The van der Waals surface area contributed by atoms with E-state index in [9.17, 15) is 18.0 Å². The Hall–Kier alpha value is -2.51. The molecule has 0 spiro atoms. The first-order valence-corrected chi connectivity index (χ1v) is 10.1. The van der Waals surface area contributed by atoms with Crippen LogP contribution in [0.2, 0.25) is 0 Å². The lowest BCUT2D eigenvalue weighted by atomic mass is 10.1. The smallest absolute Gasteiger partial charge is 0.324 e. The van der Waals surface area contributed by atoms with Crippen molar-refractivity contribution in [3.05, 3.63) is 65.2 Å². The Morgan fingerprint density at radius 1 is 1.04 bits per heavy atom. The Bertz CT molecular complexity index is 902. The molecule has 0 unspecified atom stereocenters. The number of hydrogen-bond acceptors (Lipinski definition) is 5. The molecule has 0 amide bonds. The maximum atomic E-state index is 12.3. The molecule has 2 aromatic carbocycles. The second-order valence-electron chi connectivity index (χ2n) is 6.24. The predicted octanol–water partition coefficient (Wildman–Crippen LogP) is 2.65. The normalized spacial score (nSPS) is 12.4. The minimum atomic E-state index is -3.86. The van der Waals surface area contributed by atoms with Gasteiger partial charge in [0.25, 0.3) is 0 Å². The monoisotopic (exact) mass is 389 g/mol. The van der Waals surface area contributed by atoms with Gasteiger partial charge >= 0.3 is 5.97 Å². The van der Waals surface area contributed by atoms with E-state index in [1.807, 2.05) is 26.0 Å². The van der Waals surface area contributed by atoms with E-state index in [0.29, 0.717) is 5.56 Å². The quantitative estimate of drug-likeness (QED) is 0.554. The number of rotatable bonds is 8. The summed E-state index contributed by atoms with van der Waals surface area (Å²) in [5, 5.41) is 0. The van der Waals surface area contributed by atoms with Crippen molar-refractivity contribution in [2.45, 2.75) is 38.1 Å². The number of carbonyl (C=O) groups excluding carboxylic acids is 2. The van der Waals surface area contributed by atoms with Gasteiger partial charge in [-0.05, 0) is 38.0 Å². The highest BCUT2D eigenvalue weighted by molar-refractivity contribution is 7.89. The van der Waals surface area contributed by atoms with Crippen LogP contribution in [0.15, 0.2) is 53.4 Å². The molecule has 2 rings (SSSR count). The average Bonchev–Trinajstić information content (AvgIpc) is 2.65. The van der Waals surface area contributed by atoms with E-state index in [1.54, 1.807) is 24.3 Å². The van der Waals surface area contributed by atoms with Crippen molar-refractivity contribution < 1.29 is 22.7 Å². The molecular formula is C20H23NO5S. The van der Waals surface area contributed by atoms with Crippen LogP contribution in [0.5, 0.6) is 0 Å². The molecule has 2 aromatic rings. The van der Waals surface area contributed by atoms with Gasteiger partial charge in [-0.25, -0.2) is 8.42 Å². The Morgan fingerprint density at radius 2 is 1.63 bits per heavy atom. The lowest BCUT2D eigenvalue weighted by Crippen LogP contribution is -2.40. The summed E-state index contributed by atoms with van der Waals surface area (Å²) in [5.74, 6) is -1.16. The molecule has 0 aliphatic heterocycles. The number of ketones is 1. The van der Waals surface area contributed by atoms with Crippen LogP contribution in [0, 0.1) is 6.92 Å². The van der Waals surface area contributed by atoms with E-state index in [2.05, 4.69) is 4.72 Å². The van der Waals surface area contributed by atoms with Gasteiger partial charge in [0.1, 0.15) is 6.04 Å². The van der Waals surface area contributed by atoms with Crippen LogP contribution in [0.3, 0.4) is 0 Å². The number of aryl methyl sites for hydroxylation is 2. The van der Waals surface area contributed by atoms with Gasteiger partial charge in [-0.15, -0.1) is 0 Å². The molecule has 0 aliphatic rings. The molecule has 0 fully saturated rings. The van der Waals surface area contributed by atoms with Crippen molar-refractivity contribution in [2.24, 2.45) is 0 Å². The zero-order valence-electron chi connectivity index (χ0n) is 15.6. The summed E-state index contributed by atoms with van der Waals surface area (Å²) in [6.45, 7) is 4.78. The average molecular weight is 389 g/mol. The molecule has 27 heavy (non-hydrogen) atoms. The van der Waals surface area contributed by atoms with Crippen molar-refractivity contribution in [1.29, 1.82) is 0 Å². The predicted molar refractivity (Wildman–Crippen MR) is 102 cm³/mol. The van der Waals surface area contributed by atoms with Gasteiger partial charge in [0.2, 0.25) is 10.0 Å². The van der Waals surface area contributed by atoms with E-state index in [1.165, 1.54) is 19.1 Å². The van der Waals surface area contributed by atoms with Crippen molar-refractivity contribution in [3.63, 3.8) is 0 Å². The van der Waals surface area contributed by atoms with E-state index < -0.39 is 28.6 Å². The Labute approximate surface area is 159 Å². The minimum Gasteiger partial charge on any atom is -0.456 e. The van der Waals surface area contributed by atoms with Crippen molar-refractivity contribution in [2.75, 3.05) is 6.61 Å². The molecule has 1 N–H and O–H groups in total. The summed E-state index contributed by atoms with van der Waals surface area (Å²) in [6, 6.07) is 12.2. The van der Waals surface area contributed by atoms with E-state index in [-0.39, 0.29) is 10.7 Å². The Morgan fingerprint density at radius 3 is 2.19 bits per heavy atom. The van der Waals surface area contributed by atoms with Gasteiger partial charge in [-0.1, -0.05) is 48.9 Å². The summed E-state index contributed by atoms with van der Waals surface area (Å²) < 4.78 is 31.8. The van der Waals surface area contributed by atoms with Crippen LogP contribution >= 0.6 is 0 Å². The molecule has 0 heterocycles. The van der Waals surface area contributed by atoms with Crippen molar-refractivity contribution >= 4 is 21.8 Å². The molecule has 0 aliphatic carbocycles. The molecule has 0 radical (unpaired) electrons. The number of ether oxygens (including phenoxy) is 1. The van der Waals surface area contributed by atoms with Gasteiger partial charge in [-0.3, -0.25) is 9.59 Å². The molecule has 7 heteroatoms. The Kier molecular flexibility index (Phi) is 6.87. The fourth-order valence-electron chi connectivity index (χ4n) is 2.34. The third kappa shape index (κ3) is 5.74. The molecule has 0 saturated carbocycles. The summed E-state index contributed by atoms with van der Waals surface area (Å²) in [5.41, 5.74) is 2.46.